The minimum atomic E-state index is -0.0158. The van der Waals surface area contributed by atoms with Crippen molar-refractivity contribution < 1.29 is 4.79 Å². The van der Waals surface area contributed by atoms with Crippen molar-refractivity contribution in [2.75, 3.05) is 11.9 Å². The Kier molecular flexibility index (Phi) is 3.29. The number of benzene rings is 1. The first-order valence-electron chi connectivity index (χ1n) is 5.73. The number of hydrogen-bond acceptors (Lipinski definition) is 3. The van der Waals surface area contributed by atoms with Gasteiger partial charge < -0.3 is 10.6 Å². The quantitative estimate of drug-likeness (QED) is 0.823. The lowest BCUT2D eigenvalue weighted by Crippen LogP contribution is -2.31. The summed E-state index contributed by atoms with van der Waals surface area (Å²) < 4.78 is 0. The topological polar surface area (TPSA) is 64.9 Å². The lowest BCUT2D eigenvalue weighted by atomic mass is 10.1. The van der Waals surface area contributed by atoms with Crippen molar-refractivity contribution in [1.82, 2.24) is 5.32 Å². The minimum absolute atomic E-state index is 0.0158. The summed E-state index contributed by atoms with van der Waals surface area (Å²) in [6.45, 7) is 2.17. The highest BCUT2D eigenvalue weighted by Gasteiger charge is 2.22. The standard InChI is InChI=1S/C13H15N3O/c1-9-2-3-10(7-14)12(6-9)15-8-13(17)16-11-4-5-11/h2-3,6,11,15H,4-5,8H2,1H3,(H,16,17). The second kappa shape index (κ2) is 4.88. The van der Waals surface area contributed by atoms with Gasteiger partial charge in [0.25, 0.3) is 0 Å². The van der Waals surface area contributed by atoms with Crippen molar-refractivity contribution in [3.05, 3.63) is 29.3 Å². The van der Waals surface area contributed by atoms with Crippen molar-refractivity contribution in [3.63, 3.8) is 0 Å². The van der Waals surface area contributed by atoms with Gasteiger partial charge in [-0.3, -0.25) is 4.79 Å². The van der Waals surface area contributed by atoms with E-state index in [-0.39, 0.29) is 12.5 Å². The third-order valence-electron chi connectivity index (χ3n) is 2.68. The fourth-order valence-corrected chi connectivity index (χ4v) is 1.58. The highest BCUT2D eigenvalue weighted by Crippen LogP contribution is 2.19. The van der Waals surface area contributed by atoms with E-state index in [0.29, 0.717) is 11.6 Å². The summed E-state index contributed by atoms with van der Waals surface area (Å²) in [5.41, 5.74) is 2.35. The van der Waals surface area contributed by atoms with Crippen LogP contribution in [0.1, 0.15) is 24.0 Å². The van der Waals surface area contributed by atoms with Crippen LogP contribution in [0.5, 0.6) is 0 Å². The van der Waals surface area contributed by atoms with E-state index in [0.717, 1.165) is 24.1 Å². The summed E-state index contributed by atoms with van der Waals surface area (Å²) in [5.74, 6) is -0.0158. The lowest BCUT2D eigenvalue weighted by Gasteiger charge is -2.09. The zero-order chi connectivity index (χ0) is 12.3. The van der Waals surface area contributed by atoms with Crippen LogP contribution in [0.4, 0.5) is 5.69 Å². The van der Waals surface area contributed by atoms with Crippen molar-refractivity contribution in [2.45, 2.75) is 25.8 Å². The van der Waals surface area contributed by atoms with Gasteiger partial charge in [-0.25, -0.2) is 0 Å². The van der Waals surface area contributed by atoms with Crippen LogP contribution < -0.4 is 10.6 Å². The van der Waals surface area contributed by atoms with Gasteiger partial charge in [0.05, 0.1) is 17.8 Å². The Hall–Kier alpha value is -2.02. The molecule has 4 nitrogen and oxygen atoms in total. The van der Waals surface area contributed by atoms with E-state index in [9.17, 15) is 4.79 Å². The number of nitrogens with one attached hydrogen (secondary N) is 2. The molecule has 0 spiro atoms. The maximum absolute atomic E-state index is 11.5. The average Bonchev–Trinajstić information content (AvgIpc) is 3.10. The van der Waals surface area contributed by atoms with E-state index in [1.165, 1.54) is 0 Å². The first-order chi connectivity index (χ1) is 8.19. The molecule has 1 aromatic carbocycles. The van der Waals surface area contributed by atoms with Crippen LogP contribution in [0.2, 0.25) is 0 Å². The highest BCUT2D eigenvalue weighted by molar-refractivity contribution is 5.81. The monoisotopic (exact) mass is 229 g/mol. The third kappa shape index (κ3) is 3.22. The molecule has 1 aromatic rings. The molecule has 1 aliphatic rings. The number of amides is 1. The molecule has 2 rings (SSSR count). The molecule has 0 saturated heterocycles. The number of hydrogen-bond donors (Lipinski definition) is 2. The molecule has 1 amide bonds. The number of anilines is 1. The van der Waals surface area contributed by atoms with Gasteiger partial charge >= 0.3 is 0 Å². The van der Waals surface area contributed by atoms with Gasteiger partial charge in [-0.15, -0.1) is 0 Å². The van der Waals surface area contributed by atoms with E-state index in [4.69, 9.17) is 5.26 Å². The van der Waals surface area contributed by atoms with Gasteiger partial charge in [0, 0.05) is 6.04 Å². The van der Waals surface area contributed by atoms with Crippen molar-refractivity contribution >= 4 is 11.6 Å². The minimum Gasteiger partial charge on any atom is -0.375 e. The van der Waals surface area contributed by atoms with Gasteiger partial charge in [-0.1, -0.05) is 6.07 Å². The number of carbonyl (C=O) groups is 1. The van der Waals surface area contributed by atoms with Crippen LogP contribution in [0.3, 0.4) is 0 Å². The van der Waals surface area contributed by atoms with Gasteiger partial charge in [0.15, 0.2) is 0 Å². The van der Waals surface area contributed by atoms with E-state index < -0.39 is 0 Å². The first kappa shape index (κ1) is 11.5. The van der Waals surface area contributed by atoms with Crippen LogP contribution >= 0.6 is 0 Å². The summed E-state index contributed by atoms with van der Waals surface area (Å²) in [6.07, 6.45) is 2.17. The van der Waals surface area contributed by atoms with Gasteiger partial charge in [-0.05, 0) is 37.5 Å². The molecule has 0 aromatic heterocycles. The molecule has 1 fully saturated rings. The second-order valence-corrected chi connectivity index (χ2v) is 4.36. The Balaban J connectivity index is 1.95. The molecule has 4 heteroatoms. The summed E-state index contributed by atoms with van der Waals surface area (Å²) >= 11 is 0. The molecule has 0 aliphatic heterocycles. The smallest absolute Gasteiger partial charge is 0.239 e. The Morgan fingerprint density at radius 2 is 2.29 bits per heavy atom. The molecule has 17 heavy (non-hydrogen) atoms. The predicted molar refractivity (Wildman–Crippen MR) is 65.5 cm³/mol. The number of carbonyl (C=O) groups excluding carboxylic acids is 1. The summed E-state index contributed by atoms with van der Waals surface area (Å²) in [7, 11) is 0. The van der Waals surface area contributed by atoms with Crippen molar-refractivity contribution in [1.29, 1.82) is 5.26 Å². The van der Waals surface area contributed by atoms with Crippen LogP contribution in [-0.4, -0.2) is 18.5 Å². The van der Waals surface area contributed by atoms with Crippen LogP contribution in [-0.2, 0) is 4.79 Å². The molecular formula is C13H15N3O. The molecule has 1 aliphatic carbocycles. The number of nitrogens with zero attached hydrogens (tertiary/aromatic N) is 1. The average molecular weight is 229 g/mol. The van der Waals surface area contributed by atoms with Gasteiger partial charge in [-0.2, -0.15) is 5.26 Å². The molecule has 2 N–H and O–H groups in total. The maximum Gasteiger partial charge on any atom is 0.239 e. The lowest BCUT2D eigenvalue weighted by molar-refractivity contribution is -0.119. The number of rotatable bonds is 4. The van der Waals surface area contributed by atoms with Crippen molar-refractivity contribution in [2.24, 2.45) is 0 Å². The largest absolute Gasteiger partial charge is 0.375 e. The Bertz CT molecular complexity index is 472. The van der Waals surface area contributed by atoms with E-state index in [1.807, 2.05) is 19.1 Å². The molecule has 1 saturated carbocycles. The Morgan fingerprint density at radius 1 is 1.53 bits per heavy atom. The predicted octanol–water partition coefficient (Wildman–Crippen LogP) is 1.56. The fourth-order valence-electron chi connectivity index (χ4n) is 1.58. The zero-order valence-electron chi connectivity index (χ0n) is 9.79. The van der Waals surface area contributed by atoms with Crippen LogP contribution in [0.15, 0.2) is 18.2 Å². The zero-order valence-corrected chi connectivity index (χ0v) is 9.79. The highest BCUT2D eigenvalue weighted by atomic mass is 16.2. The fraction of sp³-hybridized carbons (Fsp3) is 0.385. The summed E-state index contributed by atoms with van der Waals surface area (Å²) in [4.78, 5) is 11.5. The van der Waals surface area contributed by atoms with E-state index in [1.54, 1.807) is 6.07 Å². The van der Waals surface area contributed by atoms with E-state index in [2.05, 4.69) is 16.7 Å². The molecule has 0 radical (unpaired) electrons. The molecular weight excluding hydrogens is 214 g/mol. The Labute approximate surface area is 101 Å². The molecule has 0 bridgehead atoms. The number of nitriles is 1. The molecule has 88 valence electrons. The Morgan fingerprint density at radius 3 is 2.94 bits per heavy atom. The summed E-state index contributed by atoms with van der Waals surface area (Å²) in [5, 5.41) is 14.8. The molecule has 0 unspecified atom stereocenters. The number of aryl methyl sites for hydroxylation is 1. The molecule has 0 heterocycles. The van der Waals surface area contributed by atoms with Crippen LogP contribution in [0.25, 0.3) is 0 Å². The molecule has 0 atom stereocenters. The third-order valence-corrected chi connectivity index (χ3v) is 2.68. The van der Waals surface area contributed by atoms with Gasteiger partial charge in [0.2, 0.25) is 5.91 Å². The van der Waals surface area contributed by atoms with Crippen molar-refractivity contribution in [3.8, 4) is 6.07 Å². The second-order valence-electron chi connectivity index (χ2n) is 4.36. The summed E-state index contributed by atoms with van der Waals surface area (Å²) in [6, 6.07) is 8.00. The normalized spacial score (nSPS) is 13.9. The maximum atomic E-state index is 11.5. The SMILES string of the molecule is Cc1ccc(C#N)c(NCC(=O)NC2CC2)c1. The van der Waals surface area contributed by atoms with Crippen LogP contribution in [0, 0.1) is 18.3 Å². The first-order valence-corrected chi connectivity index (χ1v) is 5.73. The van der Waals surface area contributed by atoms with Gasteiger partial charge in [0.1, 0.15) is 6.07 Å². The van der Waals surface area contributed by atoms with E-state index >= 15 is 0 Å².